The first kappa shape index (κ1) is 14.5. The van der Waals surface area contributed by atoms with Gasteiger partial charge in [-0.15, -0.1) is 11.3 Å². The quantitative estimate of drug-likeness (QED) is 0.890. The summed E-state index contributed by atoms with van der Waals surface area (Å²) in [5.74, 6) is 0.134. The summed E-state index contributed by atoms with van der Waals surface area (Å²) in [5.41, 5.74) is 0. The Morgan fingerprint density at radius 1 is 1.24 bits per heavy atom. The fourth-order valence-corrected chi connectivity index (χ4v) is 3.88. The fourth-order valence-electron chi connectivity index (χ4n) is 3.05. The number of nitrogens with one attached hydrogen (secondary N) is 1. The summed E-state index contributed by atoms with van der Waals surface area (Å²) < 4.78 is 0. The molecule has 5 nitrogen and oxygen atoms in total. The van der Waals surface area contributed by atoms with Gasteiger partial charge < -0.3 is 15.1 Å². The number of aryl methyl sites for hydroxylation is 1. The Bertz CT molecular complexity index is 537. The zero-order valence-electron chi connectivity index (χ0n) is 12.3. The van der Waals surface area contributed by atoms with Crippen LogP contribution in [-0.2, 0) is 4.79 Å². The van der Waals surface area contributed by atoms with Gasteiger partial charge in [0, 0.05) is 37.6 Å². The van der Waals surface area contributed by atoms with Gasteiger partial charge in [0.25, 0.3) is 5.91 Å². The second kappa shape index (κ2) is 6.15. The van der Waals surface area contributed by atoms with Crippen LogP contribution in [0.3, 0.4) is 0 Å². The van der Waals surface area contributed by atoms with Crippen LogP contribution in [0.5, 0.6) is 0 Å². The Hall–Kier alpha value is -1.40. The first-order valence-electron chi connectivity index (χ1n) is 7.54. The first-order valence-corrected chi connectivity index (χ1v) is 8.35. The minimum absolute atomic E-state index is 0.0130. The van der Waals surface area contributed by atoms with E-state index in [2.05, 4.69) is 5.32 Å². The zero-order chi connectivity index (χ0) is 14.8. The second-order valence-electron chi connectivity index (χ2n) is 5.64. The van der Waals surface area contributed by atoms with E-state index in [-0.39, 0.29) is 17.9 Å². The van der Waals surface area contributed by atoms with E-state index in [1.165, 1.54) is 11.3 Å². The maximum Gasteiger partial charge on any atom is 0.264 e. The summed E-state index contributed by atoms with van der Waals surface area (Å²) in [7, 11) is 0. The predicted octanol–water partition coefficient (Wildman–Crippen LogP) is 1.09. The molecule has 2 aliphatic heterocycles. The molecule has 2 saturated heterocycles. The Kier molecular flexibility index (Phi) is 4.26. The van der Waals surface area contributed by atoms with Crippen LogP contribution in [0, 0.1) is 6.92 Å². The number of hydrogen-bond donors (Lipinski definition) is 1. The highest BCUT2D eigenvalue weighted by Gasteiger charge is 2.37. The minimum Gasteiger partial charge on any atom is -0.338 e. The first-order chi connectivity index (χ1) is 10.2. The molecule has 2 aliphatic rings. The minimum atomic E-state index is -0.266. The standard InChI is InChI=1S/C15H21N3O2S/c1-11-4-5-13(21-11)15(20)18-8-2-3-12(18)14(19)17-9-6-16-7-10-17/h4-5,12,16H,2-3,6-10H2,1H3. The third kappa shape index (κ3) is 2.96. The van der Waals surface area contributed by atoms with Gasteiger partial charge in [0.15, 0.2) is 0 Å². The number of nitrogens with zero attached hydrogens (tertiary/aromatic N) is 2. The van der Waals surface area contributed by atoms with Gasteiger partial charge in [0.05, 0.1) is 4.88 Å². The number of rotatable bonds is 2. The fraction of sp³-hybridized carbons (Fsp3) is 0.600. The van der Waals surface area contributed by atoms with E-state index in [0.717, 1.165) is 48.8 Å². The molecule has 114 valence electrons. The highest BCUT2D eigenvalue weighted by atomic mass is 32.1. The molecule has 0 bridgehead atoms. The van der Waals surface area contributed by atoms with Crippen molar-refractivity contribution in [2.24, 2.45) is 0 Å². The Morgan fingerprint density at radius 3 is 2.67 bits per heavy atom. The molecule has 3 heterocycles. The highest BCUT2D eigenvalue weighted by molar-refractivity contribution is 7.13. The van der Waals surface area contributed by atoms with Gasteiger partial charge in [-0.05, 0) is 31.9 Å². The van der Waals surface area contributed by atoms with Crippen LogP contribution >= 0.6 is 11.3 Å². The van der Waals surface area contributed by atoms with Crippen molar-refractivity contribution < 1.29 is 9.59 Å². The number of carbonyl (C=O) groups is 2. The Balaban J connectivity index is 1.72. The van der Waals surface area contributed by atoms with Crippen molar-refractivity contribution >= 4 is 23.2 Å². The van der Waals surface area contributed by atoms with Crippen LogP contribution < -0.4 is 5.32 Å². The normalized spacial score (nSPS) is 22.6. The SMILES string of the molecule is Cc1ccc(C(=O)N2CCCC2C(=O)N2CCNCC2)s1. The summed E-state index contributed by atoms with van der Waals surface area (Å²) in [5, 5.41) is 3.25. The summed E-state index contributed by atoms with van der Waals surface area (Å²) in [6.45, 7) is 5.87. The van der Waals surface area contributed by atoms with E-state index < -0.39 is 0 Å². The van der Waals surface area contributed by atoms with Gasteiger partial charge in [0.2, 0.25) is 5.91 Å². The maximum absolute atomic E-state index is 12.7. The summed E-state index contributed by atoms with van der Waals surface area (Å²) in [6, 6.07) is 3.56. The predicted molar refractivity (Wildman–Crippen MR) is 82.6 cm³/mol. The summed E-state index contributed by atoms with van der Waals surface area (Å²) in [6.07, 6.45) is 1.71. The second-order valence-corrected chi connectivity index (χ2v) is 6.93. The molecule has 0 saturated carbocycles. The number of thiophene rings is 1. The monoisotopic (exact) mass is 307 g/mol. The van der Waals surface area contributed by atoms with Crippen molar-refractivity contribution in [1.82, 2.24) is 15.1 Å². The molecule has 6 heteroatoms. The van der Waals surface area contributed by atoms with Crippen LogP contribution in [0.15, 0.2) is 12.1 Å². The van der Waals surface area contributed by atoms with E-state index >= 15 is 0 Å². The van der Waals surface area contributed by atoms with E-state index in [4.69, 9.17) is 0 Å². The van der Waals surface area contributed by atoms with E-state index in [9.17, 15) is 9.59 Å². The Morgan fingerprint density at radius 2 is 2.00 bits per heavy atom. The van der Waals surface area contributed by atoms with Gasteiger partial charge >= 0.3 is 0 Å². The lowest BCUT2D eigenvalue weighted by Crippen LogP contribution is -2.53. The van der Waals surface area contributed by atoms with Crippen LogP contribution in [0.4, 0.5) is 0 Å². The van der Waals surface area contributed by atoms with E-state index in [1.54, 1.807) is 4.90 Å². The summed E-state index contributed by atoms with van der Waals surface area (Å²) >= 11 is 1.51. The Labute approximate surface area is 128 Å². The topological polar surface area (TPSA) is 52.7 Å². The lowest BCUT2D eigenvalue weighted by molar-refractivity contribution is -0.135. The molecule has 1 aromatic heterocycles. The van der Waals surface area contributed by atoms with Crippen molar-refractivity contribution in [1.29, 1.82) is 0 Å². The molecule has 21 heavy (non-hydrogen) atoms. The third-order valence-electron chi connectivity index (χ3n) is 4.18. The largest absolute Gasteiger partial charge is 0.338 e. The lowest BCUT2D eigenvalue weighted by Gasteiger charge is -2.32. The van der Waals surface area contributed by atoms with Crippen LogP contribution in [-0.4, -0.2) is 60.4 Å². The number of amides is 2. The molecule has 0 aromatic carbocycles. The van der Waals surface area contributed by atoms with Gasteiger partial charge in [-0.1, -0.05) is 0 Å². The molecular formula is C15H21N3O2S. The van der Waals surface area contributed by atoms with Gasteiger partial charge in [-0.3, -0.25) is 9.59 Å². The molecule has 1 atom stereocenters. The van der Waals surface area contributed by atoms with Crippen molar-refractivity contribution in [3.63, 3.8) is 0 Å². The summed E-state index contributed by atoms with van der Waals surface area (Å²) in [4.78, 5) is 30.8. The molecule has 3 rings (SSSR count). The number of carbonyl (C=O) groups excluding carboxylic acids is 2. The highest BCUT2D eigenvalue weighted by Crippen LogP contribution is 2.25. The van der Waals surface area contributed by atoms with Gasteiger partial charge in [0.1, 0.15) is 6.04 Å². The van der Waals surface area contributed by atoms with Crippen molar-refractivity contribution in [3.05, 3.63) is 21.9 Å². The maximum atomic E-state index is 12.7. The van der Waals surface area contributed by atoms with Crippen LogP contribution in [0.1, 0.15) is 27.4 Å². The molecule has 2 amide bonds. The molecule has 1 unspecified atom stereocenters. The molecular weight excluding hydrogens is 286 g/mol. The van der Waals surface area contributed by atoms with Crippen molar-refractivity contribution in [2.75, 3.05) is 32.7 Å². The molecule has 0 spiro atoms. The number of likely N-dealkylation sites (tertiary alicyclic amines) is 1. The number of hydrogen-bond acceptors (Lipinski definition) is 4. The average Bonchev–Trinajstić information content (AvgIpc) is 3.15. The molecule has 1 aromatic rings. The van der Waals surface area contributed by atoms with Crippen molar-refractivity contribution in [2.45, 2.75) is 25.8 Å². The van der Waals surface area contributed by atoms with E-state index in [1.807, 2.05) is 24.0 Å². The lowest BCUT2D eigenvalue weighted by atomic mass is 10.1. The van der Waals surface area contributed by atoms with Crippen LogP contribution in [0.2, 0.25) is 0 Å². The smallest absolute Gasteiger partial charge is 0.264 e. The average molecular weight is 307 g/mol. The molecule has 0 aliphatic carbocycles. The molecule has 1 N–H and O–H groups in total. The number of piperazine rings is 1. The van der Waals surface area contributed by atoms with Gasteiger partial charge in [-0.25, -0.2) is 0 Å². The van der Waals surface area contributed by atoms with E-state index in [0.29, 0.717) is 6.54 Å². The zero-order valence-corrected chi connectivity index (χ0v) is 13.1. The van der Waals surface area contributed by atoms with Gasteiger partial charge in [-0.2, -0.15) is 0 Å². The van der Waals surface area contributed by atoms with Crippen LogP contribution in [0.25, 0.3) is 0 Å². The molecule has 0 radical (unpaired) electrons. The van der Waals surface area contributed by atoms with Crippen molar-refractivity contribution in [3.8, 4) is 0 Å². The molecule has 2 fully saturated rings. The third-order valence-corrected chi connectivity index (χ3v) is 5.17.